The molecule has 1 aliphatic rings. The minimum atomic E-state index is 0.672. The quantitative estimate of drug-likeness (QED) is 0.828. The van der Waals surface area contributed by atoms with Gasteiger partial charge in [-0.3, -0.25) is 5.41 Å². The smallest absolute Gasteiger partial charge is 0.100 e. The topological polar surface area (TPSA) is 27.1 Å². The van der Waals surface area contributed by atoms with Gasteiger partial charge in [-0.1, -0.05) is 27.5 Å². The molecule has 0 aliphatic carbocycles. The summed E-state index contributed by atoms with van der Waals surface area (Å²) in [7, 11) is 0. The number of hydrogen-bond donors (Lipinski definition) is 1. The van der Waals surface area contributed by atoms with Crippen molar-refractivity contribution in [3.63, 3.8) is 0 Å². The molecule has 0 radical (unpaired) electrons. The normalized spacial score (nSPS) is 16.9. The van der Waals surface area contributed by atoms with Crippen LogP contribution in [0.25, 0.3) is 0 Å². The number of piperidine rings is 1. The molecule has 4 heteroatoms. The molecule has 1 aliphatic heterocycles. The van der Waals surface area contributed by atoms with Gasteiger partial charge in [0, 0.05) is 17.4 Å². The standard InChI is InChI=1S/C11H12BrClN2/c12-8-4-5-10(9(13)7-8)15-6-2-1-3-11(15)14/h4-5,7,14H,1-3,6H2. The second kappa shape index (κ2) is 4.54. The fraction of sp³-hybridized carbons (Fsp3) is 0.364. The van der Waals surface area contributed by atoms with Crippen molar-refractivity contribution in [1.82, 2.24) is 0 Å². The minimum absolute atomic E-state index is 0.672. The highest BCUT2D eigenvalue weighted by molar-refractivity contribution is 9.10. The largest absolute Gasteiger partial charge is 0.329 e. The van der Waals surface area contributed by atoms with Crippen LogP contribution in [0.3, 0.4) is 0 Å². The molecule has 2 nitrogen and oxygen atoms in total. The fourth-order valence-electron chi connectivity index (χ4n) is 1.80. The first-order valence-corrected chi connectivity index (χ1v) is 6.15. The van der Waals surface area contributed by atoms with E-state index in [1.54, 1.807) is 0 Å². The Morgan fingerprint density at radius 2 is 2.13 bits per heavy atom. The van der Waals surface area contributed by atoms with Gasteiger partial charge in [0.1, 0.15) is 5.84 Å². The van der Waals surface area contributed by atoms with Crippen LogP contribution in [0, 0.1) is 5.41 Å². The van der Waals surface area contributed by atoms with Gasteiger partial charge in [0.15, 0.2) is 0 Å². The second-order valence-corrected chi connectivity index (χ2v) is 4.97. The van der Waals surface area contributed by atoms with E-state index in [4.69, 9.17) is 17.0 Å². The first kappa shape index (κ1) is 11.0. The van der Waals surface area contributed by atoms with Crippen LogP contribution in [0.5, 0.6) is 0 Å². The van der Waals surface area contributed by atoms with Crippen molar-refractivity contribution < 1.29 is 0 Å². The zero-order valence-electron chi connectivity index (χ0n) is 8.26. The summed E-state index contributed by atoms with van der Waals surface area (Å²) in [6.07, 6.45) is 3.10. The molecule has 1 saturated heterocycles. The lowest BCUT2D eigenvalue weighted by atomic mass is 10.1. The molecule has 1 aromatic carbocycles. The summed E-state index contributed by atoms with van der Waals surface area (Å²) >= 11 is 9.54. The highest BCUT2D eigenvalue weighted by Crippen LogP contribution is 2.31. The highest BCUT2D eigenvalue weighted by atomic mass is 79.9. The van der Waals surface area contributed by atoms with Gasteiger partial charge >= 0.3 is 0 Å². The summed E-state index contributed by atoms with van der Waals surface area (Å²) in [5.74, 6) is 0.672. The summed E-state index contributed by atoms with van der Waals surface area (Å²) < 4.78 is 0.972. The molecular weight excluding hydrogens is 275 g/mol. The SMILES string of the molecule is N=C1CCCCN1c1ccc(Br)cc1Cl. The summed E-state index contributed by atoms with van der Waals surface area (Å²) in [6.45, 7) is 0.903. The molecule has 80 valence electrons. The molecule has 0 bridgehead atoms. The van der Waals surface area contributed by atoms with E-state index in [2.05, 4.69) is 15.9 Å². The number of nitrogens with one attached hydrogen (secondary N) is 1. The maximum atomic E-state index is 7.89. The van der Waals surface area contributed by atoms with E-state index < -0.39 is 0 Å². The predicted molar refractivity (Wildman–Crippen MR) is 68.1 cm³/mol. The van der Waals surface area contributed by atoms with Crippen molar-refractivity contribution in [3.8, 4) is 0 Å². The number of hydrogen-bond acceptors (Lipinski definition) is 1. The Hall–Kier alpha value is -0.540. The Morgan fingerprint density at radius 1 is 1.33 bits per heavy atom. The third kappa shape index (κ3) is 2.34. The molecule has 0 unspecified atom stereocenters. The van der Waals surface area contributed by atoms with Gasteiger partial charge in [0.2, 0.25) is 0 Å². The number of rotatable bonds is 1. The molecule has 1 N–H and O–H groups in total. The molecule has 15 heavy (non-hydrogen) atoms. The number of halogens is 2. The third-order valence-corrected chi connectivity index (χ3v) is 3.37. The molecule has 1 fully saturated rings. The van der Waals surface area contributed by atoms with Crippen LogP contribution in [0.1, 0.15) is 19.3 Å². The zero-order chi connectivity index (χ0) is 10.8. The lowest BCUT2D eigenvalue weighted by molar-refractivity contribution is 0.707. The highest BCUT2D eigenvalue weighted by Gasteiger charge is 2.18. The van der Waals surface area contributed by atoms with Crippen LogP contribution in [-0.2, 0) is 0 Å². The first-order valence-electron chi connectivity index (χ1n) is 4.98. The summed E-state index contributed by atoms with van der Waals surface area (Å²) in [4.78, 5) is 2.00. The van der Waals surface area contributed by atoms with Crippen molar-refractivity contribution in [3.05, 3.63) is 27.7 Å². The Kier molecular flexibility index (Phi) is 3.32. The van der Waals surface area contributed by atoms with Gasteiger partial charge in [-0.25, -0.2) is 0 Å². The molecule has 0 spiro atoms. The van der Waals surface area contributed by atoms with Crippen molar-refractivity contribution in [2.75, 3.05) is 11.4 Å². The monoisotopic (exact) mass is 286 g/mol. The van der Waals surface area contributed by atoms with Crippen LogP contribution in [0.4, 0.5) is 5.69 Å². The van der Waals surface area contributed by atoms with E-state index >= 15 is 0 Å². The molecule has 0 amide bonds. The minimum Gasteiger partial charge on any atom is -0.329 e. The summed E-state index contributed by atoms with van der Waals surface area (Å²) in [5.41, 5.74) is 0.949. The van der Waals surface area contributed by atoms with Crippen LogP contribution in [0.2, 0.25) is 5.02 Å². The lowest BCUT2D eigenvalue weighted by Gasteiger charge is -2.30. The molecule has 0 aromatic heterocycles. The average Bonchev–Trinajstić information content (AvgIpc) is 2.20. The Balaban J connectivity index is 2.31. The van der Waals surface area contributed by atoms with Crippen LogP contribution in [0.15, 0.2) is 22.7 Å². The van der Waals surface area contributed by atoms with E-state index in [0.717, 1.165) is 36.0 Å². The molecular formula is C11H12BrClN2. The van der Waals surface area contributed by atoms with Crippen molar-refractivity contribution in [2.45, 2.75) is 19.3 Å². The van der Waals surface area contributed by atoms with Crippen LogP contribution in [-0.4, -0.2) is 12.4 Å². The van der Waals surface area contributed by atoms with Crippen LogP contribution >= 0.6 is 27.5 Å². The van der Waals surface area contributed by atoms with Gasteiger partial charge in [0.05, 0.1) is 10.7 Å². The molecule has 1 heterocycles. The average molecular weight is 288 g/mol. The number of anilines is 1. The zero-order valence-corrected chi connectivity index (χ0v) is 10.6. The molecule has 2 rings (SSSR count). The van der Waals surface area contributed by atoms with Crippen LogP contribution < -0.4 is 4.90 Å². The number of nitrogens with zero attached hydrogens (tertiary/aromatic N) is 1. The van der Waals surface area contributed by atoms with E-state index in [1.165, 1.54) is 0 Å². The van der Waals surface area contributed by atoms with E-state index in [-0.39, 0.29) is 0 Å². The molecule has 1 aromatic rings. The van der Waals surface area contributed by atoms with E-state index in [0.29, 0.717) is 10.9 Å². The third-order valence-electron chi connectivity index (χ3n) is 2.57. The second-order valence-electron chi connectivity index (χ2n) is 3.65. The Labute approximate surface area is 103 Å². The predicted octanol–water partition coefficient (Wildman–Crippen LogP) is 4.07. The fourth-order valence-corrected chi connectivity index (χ4v) is 2.57. The number of amidine groups is 1. The van der Waals surface area contributed by atoms with Crippen molar-refractivity contribution >= 4 is 39.1 Å². The van der Waals surface area contributed by atoms with Crippen molar-refractivity contribution in [2.24, 2.45) is 0 Å². The molecule has 0 atom stereocenters. The van der Waals surface area contributed by atoms with E-state index in [9.17, 15) is 0 Å². The summed E-state index contributed by atoms with van der Waals surface area (Å²) in [6, 6.07) is 5.80. The Morgan fingerprint density at radius 3 is 2.80 bits per heavy atom. The van der Waals surface area contributed by atoms with Gasteiger partial charge in [-0.15, -0.1) is 0 Å². The van der Waals surface area contributed by atoms with Gasteiger partial charge in [-0.05, 0) is 31.0 Å². The van der Waals surface area contributed by atoms with Gasteiger partial charge < -0.3 is 4.90 Å². The lowest BCUT2D eigenvalue weighted by Crippen LogP contribution is -2.34. The molecule has 0 saturated carbocycles. The van der Waals surface area contributed by atoms with Gasteiger partial charge in [0.25, 0.3) is 0 Å². The Bertz CT molecular complexity index is 392. The van der Waals surface area contributed by atoms with Gasteiger partial charge in [-0.2, -0.15) is 0 Å². The first-order chi connectivity index (χ1) is 7.18. The maximum Gasteiger partial charge on any atom is 0.100 e. The van der Waals surface area contributed by atoms with Crippen molar-refractivity contribution in [1.29, 1.82) is 5.41 Å². The number of benzene rings is 1. The summed E-state index contributed by atoms with van der Waals surface area (Å²) in [5, 5.41) is 8.59. The van der Waals surface area contributed by atoms with E-state index in [1.807, 2.05) is 23.1 Å². The maximum absolute atomic E-state index is 7.89.